The lowest BCUT2D eigenvalue weighted by Crippen LogP contribution is -1.80. The van der Waals surface area contributed by atoms with Crippen molar-refractivity contribution in [2.24, 2.45) is 0 Å². The van der Waals surface area contributed by atoms with Crippen LogP contribution in [0, 0.1) is 12.0 Å². The Morgan fingerprint density at radius 1 is 0.929 bits per heavy atom. The van der Waals surface area contributed by atoms with E-state index in [-0.39, 0.29) is 0 Å². The van der Waals surface area contributed by atoms with Crippen LogP contribution in [0.4, 0.5) is 0 Å². The van der Waals surface area contributed by atoms with Crippen LogP contribution in [-0.2, 0) is 4.89 Å². The summed E-state index contributed by atoms with van der Waals surface area (Å²) in [5.41, 5.74) is 0. The summed E-state index contributed by atoms with van der Waals surface area (Å²) in [6, 6.07) is 0. The summed E-state index contributed by atoms with van der Waals surface area (Å²) < 4.78 is 0. The lowest BCUT2D eigenvalue weighted by atomic mass is 10.1. The van der Waals surface area contributed by atoms with Crippen molar-refractivity contribution in [1.29, 1.82) is 0 Å². The minimum atomic E-state index is 0.829. The molecule has 0 saturated carbocycles. The van der Waals surface area contributed by atoms with E-state index in [1.165, 1.54) is 44.9 Å². The third-order valence-electron chi connectivity index (χ3n) is 2.27. The van der Waals surface area contributed by atoms with Crippen molar-refractivity contribution < 1.29 is 10.1 Å². The first-order valence-corrected chi connectivity index (χ1v) is 5.70. The molecule has 0 rings (SSSR count). The van der Waals surface area contributed by atoms with Crippen molar-refractivity contribution in [3.63, 3.8) is 0 Å². The van der Waals surface area contributed by atoms with Crippen molar-refractivity contribution in [3.8, 4) is 12.0 Å². The van der Waals surface area contributed by atoms with Crippen LogP contribution in [0.25, 0.3) is 0 Å². The molecule has 2 nitrogen and oxygen atoms in total. The summed E-state index contributed by atoms with van der Waals surface area (Å²) in [5, 5.41) is 7.92. The predicted molar refractivity (Wildman–Crippen MR) is 58.7 cm³/mol. The van der Waals surface area contributed by atoms with Crippen molar-refractivity contribution in [2.45, 2.75) is 64.7 Å². The third kappa shape index (κ3) is 11.3. The fraction of sp³-hybridized carbons (Fsp3) is 0.833. The molecule has 0 atom stereocenters. The molecular weight excluding hydrogens is 176 g/mol. The molecule has 0 heterocycles. The topological polar surface area (TPSA) is 29.5 Å². The van der Waals surface area contributed by atoms with E-state index in [4.69, 9.17) is 5.26 Å². The van der Waals surface area contributed by atoms with E-state index in [9.17, 15) is 0 Å². The zero-order valence-corrected chi connectivity index (χ0v) is 9.22. The monoisotopic (exact) mass is 198 g/mol. The molecule has 0 saturated heterocycles. The summed E-state index contributed by atoms with van der Waals surface area (Å²) in [4.78, 5) is 3.65. The van der Waals surface area contributed by atoms with Gasteiger partial charge in [0.25, 0.3) is 0 Å². The molecule has 0 aromatic carbocycles. The second-order valence-electron chi connectivity index (χ2n) is 3.59. The molecule has 1 N–H and O–H groups in total. The van der Waals surface area contributed by atoms with Crippen LogP contribution < -0.4 is 0 Å². The van der Waals surface area contributed by atoms with Crippen LogP contribution in [-0.4, -0.2) is 5.26 Å². The molecule has 0 unspecified atom stereocenters. The van der Waals surface area contributed by atoms with Gasteiger partial charge in [-0.1, -0.05) is 57.8 Å². The summed E-state index contributed by atoms with van der Waals surface area (Å²) in [7, 11) is 0. The van der Waals surface area contributed by atoms with E-state index >= 15 is 0 Å². The molecule has 0 aromatic heterocycles. The Kier molecular flexibility index (Phi) is 11.7. The van der Waals surface area contributed by atoms with Gasteiger partial charge in [0.15, 0.2) is 6.11 Å². The number of hydrogen-bond donors (Lipinski definition) is 1. The van der Waals surface area contributed by atoms with Gasteiger partial charge in [-0.25, -0.2) is 0 Å². The number of hydrogen-bond acceptors (Lipinski definition) is 2. The van der Waals surface area contributed by atoms with Gasteiger partial charge in [0.1, 0.15) is 0 Å². The standard InChI is InChI=1S/C12H22O2/c1-2-3-4-5-6-7-8-9-10-11-12-14-13/h13H,2-10H2,1H3. The summed E-state index contributed by atoms with van der Waals surface area (Å²) in [5.74, 6) is 2.72. The Bertz CT molecular complexity index is 155. The predicted octanol–water partition coefficient (Wildman–Crippen LogP) is 3.97. The van der Waals surface area contributed by atoms with Gasteiger partial charge in [-0.05, 0) is 6.42 Å². The smallest absolute Gasteiger partial charge is 0.156 e. The van der Waals surface area contributed by atoms with Gasteiger partial charge in [-0.15, -0.1) is 0 Å². The average Bonchev–Trinajstić information content (AvgIpc) is 2.21. The summed E-state index contributed by atoms with van der Waals surface area (Å²) in [6.07, 6.45) is 13.5. The summed E-state index contributed by atoms with van der Waals surface area (Å²) in [6.45, 7) is 2.24. The number of rotatable bonds is 8. The van der Waals surface area contributed by atoms with Gasteiger partial charge in [0.2, 0.25) is 0 Å². The molecule has 2 heteroatoms. The Balaban J connectivity index is 2.92. The van der Waals surface area contributed by atoms with Gasteiger partial charge in [-0.2, -0.15) is 5.26 Å². The molecule has 0 aromatic rings. The molecule has 0 fully saturated rings. The fourth-order valence-electron chi connectivity index (χ4n) is 1.43. The average molecular weight is 198 g/mol. The Morgan fingerprint density at radius 2 is 1.50 bits per heavy atom. The van der Waals surface area contributed by atoms with E-state index in [1.54, 1.807) is 0 Å². The second kappa shape index (κ2) is 12.3. The van der Waals surface area contributed by atoms with Crippen LogP contribution in [0.5, 0.6) is 0 Å². The highest BCUT2D eigenvalue weighted by atomic mass is 17.1. The first kappa shape index (κ1) is 13.3. The fourth-order valence-corrected chi connectivity index (χ4v) is 1.43. The Morgan fingerprint density at radius 3 is 2.07 bits per heavy atom. The van der Waals surface area contributed by atoms with Crippen LogP contribution in [0.15, 0.2) is 0 Å². The Hall–Kier alpha value is -0.680. The van der Waals surface area contributed by atoms with Gasteiger partial charge in [0.05, 0.1) is 0 Å². The second-order valence-corrected chi connectivity index (χ2v) is 3.59. The van der Waals surface area contributed by atoms with E-state index in [1.807, 2.05) is 0 Å². The lowest BCUT2D eigenvalue weighted by molar-refractivity contribution is -0.171. The zero-order chi connectivity index (χ0) is 10.5. The van der Waals surface area contributed by atoms with Crippen LogP contribution in [0.3, 0.4) is 0 Å². The minimum absolute atomic E-state index is 0.829. The maximum Gasteiger partial charge on any atom is 0.156 e. The minimum Gasteiger partial charge on any atom is -0.285 e. The van der Waals surface area contributed by atoms with E-state index in [2.05, 4.69) is 23.8 Å². The maximum absolute atomic E-state index is 7.92. The highest BCUT2D eigenvalue weighted by Crippen LogP contribution is 2.08. The SMILES string of the molecule is CCCCCCCCCCC#COO. The third-order valence-corrected chi connectivity index (χ3v) is 2.27. The first-order chi connectivity index (χ1) is 6.91. The number of unbranched alkanes of at least 4 members (excludes halogenated alkanes) is 8. The zero-order valence-electron chi connectivity index (χ0n) is 9.22. The van der Waals surface area contributed by atoms with Gasteiger partial charge >= 0.3 is 0 Å². The molecule has 0 aliphatic carbocycles. The molecule has 0 aliphatic heterocycles. The molecule has 0 radical (unpaired) electrons. The van der Waals surface area contributed by atoms with Gasteiger partial charge < -0.3 is 0 Å². The molecule has 14 heavy (non-hydrogen) atoms. The molecule has 0 bridgehead atoms. The molecule has 0 spiro atoms. The van der Waals surface area contributed by atoms with Crippen LogP contribution in [0.2, 0.25) is 0 Å². The van der Waals surface area contributed by atoms with E-state index < -0.39 is 0 Å². The quantitative estimate of drug-likeness (QED) is 0.277. The Labute approximate surface area is 87.6 Å². The van der Waals surface area contributed by atoms with Crippen molar-refractivity contribution in [1.82, 2.24) is 0 Å². The van der Waals surface area contributed by atoms with E-state index in [0.29, 0.717) is 0 Å². The van der Waals surface area contributed by atoms with Crippen molar-refractivity contribution >= 4 is 0 Å². The van der Waals surface area contributed by atoms with Crippen LogP contribution >= 0.6 is 0 Å². The van der Waals surface area contributed by atoms with Crippen LogP contribution in [0.1, 0.15) is 64.7 Å². The molecule has 0 amide bonds. The highest BCUT2D eigenvalue weighted by Gasteiger charge is 1.90. The largest absolute Gasteiger partial charge is 0.285 e. The molecule has 82 valence electrons. The molecule has 0 aliphatic rings. The summed E-state index contributed by atoms with van der Waals surface area (Å²) >= 11 is 0. The maximum atomic E-state index is 7.92. The van der Waals surface area contributed by atoms with Crippen molar-refractivity contribution in [3.05, 3.63) is 0 Å². The van der Waals surface area contributed by atoms with Crippen molar-refractivity contribution in [2.75, 3.05) is 0 Å². The lowest BCUT2D eigenvalue weighted by Gasteiger charge is -1.98. The highest BCUT2D eigenvalue weighted by molar-refractivity contribution is 4.89. The molecular formula is C12H22O2. The van der Waals surface area contributed by atoms with E-state index in [0.717, 1.165) is 12.8 Å². The van der Waals surface area contributed by atoms with Gasteiger partial charge in [-0.3, -0.25) is 4.89 Å². The normalized spacial score (nSPS) is 9.29. The van der Waals surface area contributed by atoms with Gasteiger partial charge in [0, 0.05) is 6.42 Å². The first-order valence-electron chi connectivity index (χ1n) is 5.70.